The summed E-state index contributed by atoms with van der Waals surface area (Å²) >= 11 is 1.66. The fraction of sp³-hybridized carbons (Fsp3) is 0.674. The molecule has 8 atom stereocenters. The first-order valence-corrected chi connectivity index (χ1v) is 21.3. The number of aliphatic imine (C=N–C) groups is 1. The monoisotopic (exact) mass is 795 g/mol. The van der Waals surface area contributed by atoms with Crippen LogP contribution in [0.25, 0.3) is 0 Å². The number of allylic oxidation sites excluding steroid dienone is 1. The quantitative estimate of drug-likeness (QED) is 0.377. The molecule has 1 aromatic carbocycles. The molecular weight excluding hydrogens is 731 g/mol. The SMILES string of the molecule is CCC(C)C1C(=O)N2CCCC2C(=O)OC(C(C)(C)C)CC(C)CC=CC2=NC(CCC(=O)NC(Cc3ccc(OC)cc3)C(=O)N(C)C(C)C(=O)N1C)CS2. The standard InChI is InChI=1S/C43H65N5O7S/c1-11-28(3)38-41(52)48-23-13-15-34(48)42(53)55-35(43(5,6)7)24-27(2)14-12-16-37-44-31(26-56-37)19-22-36(49)45-33(25-30-17-20-32(54-10)21-18-30)40(51)46(8)29(4)39(50)47(38)9/h12,16-18,20-21,27-29,31,33-35,38H,11,13-15,19,22-26H2,1-10H3,(H,45,49). The van der Waals surface area contributed by atoms with Crippen LogP contribution in [-0.2, 0) is 35.1 Å². The minimum Gasteiger partial charge on any atom is -0.497 e. The van der Waals surface area contributed by atoms with Gasteiger partial charge in [0, 0.05) is 39.2 Å². The van der Waals surface area contributed by atoms with Crippen molar-refractivity contribution in [3.63, 3.8) is 0 Å². The normalized spacial score (nSPS) is 28.9. The van der Waals surface area contributed by atoms with Crippen LogP contribution in [0.15, 0.2) is 41.4 Å². The number of cyclic esters (lactones) is 1. The fourth-order valence-electron chi connectivity index (χ4n) is 7.59. The lowest BCUT2D eigenvalue weighted by atomic mass is 9.83. The van der Waals surface area contributed by atoms with Crippen LogP contribution in [0.5, 0.6) is 5.75 Å². The largest absolute Gasteiger partial charge is 0.497 e. The maximum absolute atomic E-state index is 14.5. The molecule has 1 N–H and O–H groups in total. The number of amides is 4. The predicted octanol–water partition coefficient (Wildman–Crippen LogP) is 5.67. The van der Waals surface area contributed by atoms with E-state index in [2.05, 4.69) is 39.1 Å². The lowest BCUT2D eigenvalue weighted by Gasteiger charge is -2.39. The van der Waals surface area contributed by atoms with Gasteiger partial charge in [0.15, 0.2) is 0 Å². The smallest absolute Gasteiger partial charge is 0.329 e. The first kappa shape index (κ1) is 44.8. The molecule has 3 aliphatic rings. The maximum Gasteiger partial charge on any atom is 0.329 e. The van der Waals surface area contributed by atoms with Crippen molar-refractivity contribution in [2.24, 2.45) is 22.2 Å². The van der Waals surface area contributed by atoms with Gasteiger partial charge in [0.1, 0.15) is 36.0 Å². The van der Waals surface area contributed by atoms with Crippen molar-refractivity contribution in [2.75, 3.05) is 33.5 Å². The van der Waals surface area contributed by atoms with Gasteiger partial charge in [0.05, 0.1) is 18.2 Å². The van der Waals surface area contributed by atoms with Gasteiger partial charge < -0.3 is 29.5 Å². The number of hydrogen-bond donors (Lipinski definition) is 1. The second-order valence-electron chi connectivity index (χ2n) is 17.0. The average molecular weight is 796 g/mol. The van der Waals surface area contributed by atoms with Gasteiger partial charge in [-0.3, -0.25) is 24.2 Å². The zero-order valence-electron chi connectivity index (χ0n) is 35.2. The zero-order valence-corrected chi connectivity index (χ0v) is 36.0. The van der Waals surface area contributed by atoms with Crippen molar-refractivity contribution >= 4 is 46.4 Å². The molecule has 2 bridgehead atoms. The van der Waals surface area contributed by atoms with E-state index in [0.717, 1.165) is 22.8 Å². The van der Waals surface area contributed by atoms with E-state index in [-0.39, 0.29) is 54.1 Å². The second-order valence-corrected chi connectivity index (χ2v) is 18.0. The number of nitrogens with zero attached hydrogens (tertiary/aromatic N) is 4. The first-order valence-electron chi connectivity index (χ1n) is 20.3. The summed E-state index contributed by atoms with van der Waals surface area (Å²) in [6.45, 7) is 14.3. The van der Waals surface area contributed by atoms with Gasteiger partial charge in [0.2, 0.25) is 23.6 Å². The van der Waals surface area contributed by atoms with Gasteiger partial charge in [-0.2, -0.15) is 0 Å². The van der Waals surface area contributed by atoms with Crippen LogP contribution in [0, 0.1) is 17.3 Å². The molecule has 310 valence electrons. The lowest BCUT2D eigenvalue weighted by molar-refractivity contribution is -0.166. The van der Waals surface area contributed by atoms with Crippen molar-refractivity contribution in [3.05, 3.63) is 42.0 Å². The second kappa shape index (κ2) is 20.0. The summed E-state index contributed by atoms with van der Waals surface area (Å²) in [5.74, 6) is -0.393. The molecule has 13 heteroatoms. The third-order valence-electron chi connectivity index (χ3n) is 11.6. The topological polar surface area (TPSA) is 138 Å². The number of benzene rings is 1. The van der Waals surface area contributed by atoms with E-state index in [1.165, 1.54) is 9.80 Å². The Morgan fingerprint density at radius 1 is 1.00 bits per heavy atom. The predicted molar refractivity (Wildman–Crippen MR) is 221 cm³/mol. The van der Waals surface area contributed by atoms with Gasteiger partial charge in [-0.1, -0.05) is 66.2 Å². The Kier molecular flexibility index (Phi) is 16.0. The third kappa shape index (κ3) is 11.6. The van der Waals surface area contributed by atoms with Gasteiger partial charge >= 0.3 is 5.97 Å². The van der Waals surface area contributed by atoms with Crippen molar-refractivity contribution in [2.45, 2.75) is 136 Å². The highest BCUT2D eigenvalue weighted by Gasteiger charge is 2.44. The molecule has 0 saturated carbocycles. The molecule has 56 heavy (non-hydrogen) atoms. The van der Waals surface area contributed by atoms with Crippen molar-refractivity contribution < 1.29 is 33.4 Å². The number of esters is 1. The molecule has 0 radical (unpaired) electrons. The van der Waals surface area contributed by atoms with E-state index in [9.17, 15) is 24.0 Å². The Morgan fingerprint density at radius 2 is 1.70 bits per heavy atom. The minimum atomic E-state index is -0.957. The molecule has 1 fully saturated rings. The highest BCUT2D eigenvalue weighted by atomic mass is 32.2. The number of ether oxygens (including phenoxy) is 2. The molecule has 12 nitrogen and oxygen atoms in total. The summed E-state index contributed by atoms with van der Waals surface area (Å²) in [5.41, 5.74) is 0.491. The summed E-state index contributed by atoms with van der Waals surface area (Å²) < 4.78 is 11.6. The van der Waals surface area contributed by atoms with E-state index in [0.29, 0.717) is 44.4 Å². The number of carbonyl (C=O) groups excluding carboxylic acids is 5. The zero-order chi connectivity index (χ0) is 41.3. The summed E-state index contributed by atoms with van der Waals surface area (Å²) in [6, 6.07) is 3.76. The number of nitrogens with one attached hydrogen (secondary N) is 1. The van der Waals surface area contributed by atoms with Crippen LogP contribution in [0.1, 0.15) is 99.0 Å². The highest BCUT2D eigenvalue weighted by Crippen LogP contribution is 2.32. The summed E-state index contributed by atoms with van der Waals surface area (Å²) in [6.07, 6.45) is 7.91. The molecule has 3 heterocycles. The summed E-state index contributed by atoms with van der Waals surface area (Å²) in [5, 5.41) is 3.89. The van der Waals surface area contributed by atoms with E-state index in [1.54, 1.807) is 56.9 Å². The lowest BCUT2D eigenvalue weighted by Crippen LogP contribution is -2.59. The number of likely N-dealkylation sites (N-methyl/N-ethyl adjacent to an activating group) is 2. The summed E-state index contributed by atoms with van der Waals surface area (Å²) in [4.78, 5) is 79.7. The minimum absolute atomic E-state index is 0.0232. The number of methoxy groups -OCH3 is 1. The molecule has 0 aliphatic carbocycles. The third-order valence-corrected chi connectivity index (χ3v) is 12.7. The Balaban J connectivity index is 1.67. The van der Waals surface area contributed by atoms with Gasteiger partial charge in [-0.05, 0) is 80.1 Å². The number of hydrogen-bond acceptors (Lipinski definition) is 9. The Morgan fingerprint density at radius 3 is 2.34 bits per heavy atom. The van der Waals surface area contributed by atoms with Crippen molar-refractivity contribution in [3.8, 4) is 5.75 Å². The van der Waals surface area contributed by atoms with Gasteiger partial charge in [0.25, 0.3) is 0 Å². The van der Waals surface area contributed by atoms with Crippen LogP contribution in [-0.4, -0.2) is 119 Å². The van der Waals surface area contributed by atoms with Crippen molar-refractivity contribution in [1.29, 1.82) is 0 Å². The Bertz CT molecular complexity index is 1610. The van der Waals surface area contributed by atoms with Gasteiger partial charge in [-0.15, -0.1) is 11.8 Å². The van der Waals surface area contributed by atoms with Crippen LogP contribution < -0.4 is 10.1 Å². The number of carbonyl (C=O) groups is 5. The average Bonchev–Trinajstić information content (AvgIpc) is 3.85. The molecular formula is C43H65N5O7S. The van der Waals surface area contributed by atoms with E-state index >= 15 is 0 Å². The Hall–Kier alpha value is -3.87. The molecule has 3 aliphatic heterocycles. The highest BCUT2D eigenvalue weighted by molar-refractivity contribution is 8.14. The van der Waals surface area contributed by atoms with Crippen molar-refractivity contribution in [1.82, 2.24) is 20.0 Å². The van der Waals surface area contributed by atoms with Crippen LogP contribution in [0.4, 0.5) is 0 Å². The van der Waals surface area contributed by atoms with Crippen LogP contribution in [0.3, 0.4) is 0 Å². The van der Waals surface area contributed by atoms with Gasteiger partial charge in [-0.25, -0.2) is 4.79 Å². The fourth-order valence-corrected chi connectivity index (χ4v) is 8.61. The molecule has 4 amide bonds. The first-order chi connectivity index (χ1) is 26.4. The van der Waals surface area contributed by atoms with E-state index in [1.807, 2.05) is 32.1 Å². The molecule has 4 rings (SSSR count). The molecule has 0 aromatic heterocycles. The van der Waals surface area contributed by atoms with Crippen LogP contribution >= 0.6 is 11.8 Å². The number of fused-ring (bicyclic) bond motifs is 2. The number of rotatable bonds is 5. The summed E-state index contributed by atoms with van der Waals surface area (Å²) in [7, 11) is 4.73. The van der Waals surface area contributed by atoms with E-state index in [4.69, 9.17) is 14.5 Å². The molecule has 8 unspecified atom stereocenters. The van der Waals surface area contributed by atoms with Crippen LogP contribution in [0.2, 0.25) is 0 Å². The molecule has 1 saturated heterocycles. The molecule has 1 aromatic rings. The Labute approximate surface area is 338 Å². The maximum atomic E-state index is 14.5. The van der Waals surface area contributed by atoms with E-state index < -0.39 is 42.0 Å². The number of thioether (sulfide) groups is 1. The molecule has 0 spiro atoms.